The van der Waals surface area contributed by atoms with E-state index in [0.29, 0.717) is 0 Å². The van der Waals surface area contributed by atoms with Crippen molar-refractivity contribution < 1.29 is 57.5 Å². The van der Waals surface area contributed by atoms with Gasteiger partial charge in [0.1, 0.15) is 48.3 Å². The molecule has 0 bridgehead atoms. The Hall–Kier alpha value is -6.36. The Balaban J connectivity index is 4.13. The first-order valence-corrected chi connectivity index (χ1v) is 23.2. The first kappa shape index (κ1) is 59.7. The highest BCUT2D eigenvalue weighted by Crippen LogP contribution is 2.14. The van der Waals surface area contributed by atoms with Crippen molar-refractivity contribution in [3.05, 3.63) is 0 Å². The summed E-state index contributed by atoms with van der Waals surface area (Å²) >= 11 is 0. The maximum absolute atomic E-state index is 14.1. The van der Waals surface area contributed by atoms with Gasteiger partial charge >= 0.3 is 0 Å². The van der Waals surface area contributed by atoms with Crippen molar-refractivity contribution in [3.63, 3.8) is 0 Å². The maximum atomic E-state index is 14.1. The summed E-state index contributed by atoms with van der Waals surface area (Å²) in [5.74, 6) is -11.7. The molecule has 8 unspecified atom stereocenters. The molecule has 0 spiro atoms. The van der Waals surface area contributed by atoms with Crippen molar-refractivity contribution in [2.75, 3.05) is 0 Å². The van der Waals surface area contributed by atoms with Crippen LogP contribution in [-0.2, 0) is 57.5 Å². The lowest BCUT2D eigenvalue weighted by Gasteiger charge is -2.30. The van der Waals surface area contributed by atoms with Crippen LogP contribution in [0.3, 0.4) is 0 Å². The molecular formula is C44H76N12O12. The SMILES string of the molecule is CC(C)CC1NC(=O)C(CCC(N)=O)NC(=O)C(CC(C)C)NC(=O)C(CCC(N)=O)NC(=O)C(CC(C)C)NC(=O)C(CCC(N)=O)NC(=O)C(CC(C)C)NC(=O)C(CCC(N)=O)NC1=O. The van der Waals surface area contributed by atoms with Crippen LogP contribution < -0.4 is 65.5 Å². The summed E-state index contributed by atoms with van der Waals surface area (Å²) in [7, 11) is 0. The second kappa shape index (κ2) is 29.4. The monoisotopic (exact) mass is 965 g/mol. The van der Waals surface area contributed by atoms with Crippen LogP contribution in [0.2, 0.25) is 0 Å². The van der Waals surface area contributed by atoms with Gasteiger partial charge in [0.2, 0.25) is 70.9 Å². The fourth-order valence-electron chi connectivity index (χ4n) is 7.21. The average Bonchev–Trinajstić information content (AvgIpc) is 3.20. The third-order valence-electron chi connectivity index (χ3n) is 10.6. The molecule has 0 saturated carbocycles. The number of amides is 12. The van der Waals surface area contributed by atoms with Crippen LogP contribution in [0, 0.1) is 23.7 Å². The Labute approximate surface area is 397 Å². The Morgan fingerprint density at radius 2 is 0.441 bits per heavy atom. The zero-order valence-electron chi connectivity index (χ0n) is 40.6. The Kier molecular flexibility index (Phi) is 25.8. The molecule has 1 fully saturated rings. The van der Waals surface area contributed by atoms with Gasteiger partial charge < -0.3 is 65.5 Å². The number of carbonyl (C=O) groups is 12. The van der Waals surface area contributed by atoms with Crippen molar-refractivity contribution in [2.45, 2.75) is 181 Å². The predicted molar refractivity (Wildman–Crippen MR) is 247 cm³/mol. The fraction of sp³-hybridized carbons (Fsp3) is 0.727. The van der Waals surface area contributed by atoms with Gasteiger partial charge in [-0.3, -0.25) is 57.5 Å². The predicted octanol–water partition coefficient (Wildman–Crippen LogP) is -2.88. The van der Waals surface area contributed by atoms with Crippen molar-refractivity contribution in [3.8, 4) is 0 Å². The number of hydrogen-bond donors (Lipinski definition) is 12. The van der Waals surface area contributed by atoms with Gasteiger partial charge in [-0.2, -0.15) is 0 Å². The summed E-state index contributed by atoms with van der Waals surface area (Å²) in [6, 6.07) is -11.6. The molecule has 0 aromatic heterocycles. The molecule has 16 N–H and O–H groups in total. The largest absolute Gasteiger partial charge is 0.370 e. The summed E-state index contributed by atoms with van der Waals surface area (Å²) in [5, 5.41) is 20.5. The summed E-state index contributed by atoms with van der Waals surface area (Å²) in [6.45, 7) is 13.9. The van der Waals surface area contributed by atoms with E-state index in [2.05, 4.69) is 42.5 Å². The number of nitrogens with two attached hydrogens (primary N) is 4. The number of primary amides is 4. The number of rotatable bonds is 20. The van der Waals surface area contributed by atoms with Crippen LogP contribution >= 0.6 is 0 Å². The number of carbonyl (C=O) groups excluding carboxylic acids is 12. The molecule has 68 heavy (non-hydrogen) atoms. The van der Waals surface area contributed by atoms with Gasteiger partial charge in [0.25, 0.3) is 0 Å². The minimum Gasteiger partial charge on any atom is -0.370 e. The lowest BCUT2D eigenvalue weighted by atomic mass is 9.99. The third kappa shape index (κ3) is 23.4. The zero-order valence-corrected chi connectivity index (χ0v) is 40.6. The van der Waals surface area contributed by atoms with E-state index in [1.807, 2.05) is 0 Å². The van der Waals surface area contributed by atoms with Crippen LogP contribution in [0.1, 0.15) is 132 Å². The highest BCUT2D eigenvalue weighted by molar-refractivity contribution is 5.99. The highest BCUT2D eigenvalue weighted by Gasteiger charge is 2.37. The summed E-state index contributed by atoms with van der Waals surface area (Å²) in [4.78, 5) is 160. The van der Waals surface area contributed by atoms with Crippen LogP contribution in [0.15, 0.2) is 0 Å². The minimum absolute atomic E-state index is 0.0200. The van der Waals surface area contributed by atoms with Crippen molar-refractivity contribution in [1.82, 2.24) is 42.5 Å². The summed E-state index contributed by atoms with van der Waals surface area (Å²) in [5.41, 5.74) is 21.7. The molecular weight excluding hydrogens is 889 g/mol. The molecule has 1 heterocycles. The Morgan fingerprint density at radius 1 is 0.309 bits per heavy atom. The molecule has 1 aliphatic heterocycles. The quantitative estimate of drug-likeness (QED) is 0.0586. The molecule has 384 valence electrons. The Bertz CT molecular complexity index is 1570. The average molecular weight is 965 g/mol. The fourth-order valence-corrected chi connectivity index (χ4v) is 7.21. The topological polar surface area (TPSA) is 405 Å². The molecule has 8 atom stereocenters. The highest BCUT2D eigenvalue weighted by atomic mass is 16.2. The lowest BCUT2D eigenvalue weighted by molar-refractivity contribution is -0.137. The second-order valence-electron chi connectivity index (χ2n) is 19.0. The van der Waals surface area contributed by atoms with Crippen LogP contribution in [0.5, 0.6) is 0 Å². The summed E-state index contributed by atoms with van der Waals surface area (Å²) in [6.07, 6.45) is -3.08. The van der Waals surface area contributed by atoms with Crippen molar-refractivity contribution in [2.24, 2.45) is 46.6 Å². The molecule has 0 aromatic rings. The van der Waals surface area contributed by atoms with E-state index in [-0.39, 0.29) is 75.0 Å². The van der Waals surface area contributed by atoms with Gasteiger partial charge in [0.05, 0.1) is 0 Å². The molecule has 24 nitrogen and oxygen atoms in total. The van der Waals surface area contributed by atoms with Crippen LogP contribution in [0.4, 0.5) is 0 Å². The molecule has 0 aliphatic carbocycles. The smallest absolute Gasteiger partial charge is 0.243 e. The third-order valence-corrected chi connectivity index (χ3v) is 10.6. The Morgan fingerprint density at radius 3 is 0.574 bits per heavy atom. The van der Waals surface area contributed by atoms with Gasteiger partial charge in [-0.15, -0.1) is 0 Å². The molecule has 1 aliphatic rings. The van der Waals surface area contributed by atoms with E-state index in [9.17, 15) is 57.5 Å². The van der Waals surface area contributed by atoms with E-state index in [1.165, 1.54) is 0 Å². The molecule has 1 rings (SSSR count). The minimum atomic E-state index is -1.52. The summed E-state index contributed by atoms with van der Waals surface area (Å²) < 4.78 is 0. The van der Waals surface area contributed by atoms with Crippen LogP contribution in [-0.4, -0.2) is 119 Å². The van der Waals surface area contributed by atoms with Crippen molar-refractivity contribution in [1.29, 1.82) is 0 Å². The van der Waals surface area contributed by atoms with Gasteiger partial charge in [-0.25, -0.2) is 0 Å². The molecule has 1 saturated heterocycles. The normalized spacial score (nSPS) is 24.4. The zero-order chi connectivity index (χ0) is 52.0. The van der Waals surface area contributed by atoms with Gasteiger partial charge in [-0.05, 0) is 75.0 Å². The second-order valence-corrected chi connectivity index (χ2v) is 19.0. The molecule has 0 radical (unpaired) electrons. The van der Waals surface area contributed by atoms with E-state index < -0.39 is 145 Å². The van der Waals surface area contributed by atoms with E-state index in [1.54, 1.807) is 55.4 Å². The first-order valence-electron chi connectivity index (χ1n) is 23.2. The molecule has 0 aromatic carbocycles. The van der Waals surface area contributed by atoms with Crippen LogP contribution in [0.25, 0.3) is 0 Å². The van der Waals surface area contributed by atoms with E-state index >= 15 is 0 Å². The molecule has 24 heteroatoms. The van der Waals surface area contributed by atoms with Gasteiger partial charge in [0, 0.05) is 25.7 Å². The number of hydrogen-bond acceptors (Lipinski definition) is 12. The number of nitrogens with one attached hydrogen (secondary N) is 8. The first-order chi connectivity index (χ1) is 31.6. The maximum Gasteiger partial charge on any atom is 0.243 e. The van der Waals surface area contributed by atoms with Gasteiger partial charge in [-0.1, -0.05) is 55.4 Å². The van der Waals surface area contributed by atoms with E-state index in [4.69, 9.17) is 22.9 Å². The van der Waals surface area contributed by atoms with E-state index in [0.717, 1.165) is 0 Å². The van der Waals surface area contributed by atoms with Crippen molar-refractivity contribution >= 4 is 70.9 Å². The molecule has 12 amide bonds. The standard InChI is InChI=1S/C44H76N12O12/c1-21(2)17-29-41(65)49-26(10-14-34(46)58)38(62)54-31(19-23(5)6)43(67)51-28(12-16-36(48)60)40(64)56-32(20-24(7)8)44(68)52-27(11-15-35(47)59)39(63)55-30(18-22(3)4)42(66)50-25(37(61)53-29)9-13-33(45)57/h21-32H,9-20H2,1-8H3,(H2,45,57)(H2,46,58)(H2,47,59)(H2,48,60)(H,49,65)(H,50,66)(H,51,67)(H,52,68)(H,53,61)(H,54,62)(H,55,63)(H,56,64). The lowest BCUT2D eigenvalue weighted by Crippen LogP contribution is -2.61. The van der Waals surface area contributed by atoms with Gasteiger partial charge in [0.15, 0.2) is 0 Å².